The van der Waals surface area contributed by atoms with Crippen LogP contribution in [0.1, 0.15) is 63.7 Å². The van der Waals surface area contributed by atoms with Crippen LogP contribution in [0.5, 0.6) is 0 Å². The van der Waals surface area contributed by atoms with Crippen LogP contribution in [0.3, 0.4) is 0 Å². The standard InChI is InChI=1S/C26H36N4O4/c1-18(31)19-5-7-21(8-6-19)28-13-15-29(16-14-28)22(32)17-30-23(33)26(27-24(30)34)11-9-20(10-12-26)25(2,3)4/h5-8,20H,9-17H2,1-4H3,(H,27,34). The topological polar surface area (TPSA) is 90.0 Å². The summed E-state index contributed by atoms with van der Waals surface area (Å²) >= 11 is 0. The minimum Gasteiger partial charge on any atom is -0.368 e. The maximum absolute atomic E-state index is 13.2. The number of hydrogen-bond donors (Lipinski definition) is 1. The van der Waals surface area contributed by atoms with E-state index in [0.717, 1.165) is 23.4 Å². The van der Waals surface area contributed by atoms with Crippen molar-refractivity contribution in [3.8, 4) is 0 Å². The molecule has 0 atom stereocenters. The third-order valence-electron chi connectivity index (χ3n) is 7.87. The van der Waals surface area contributed by atoms with E-state index in [1.54, 1.807) is 11.8 Å². The molecule has 2 heterocycles. The van der Waals surface area contributed by atoms with Crippen LogP contribution in [0.15, 0.2) is 24.3 Å². The molecule has 34 heavy (non-hydrogen) atoms. The van der Waals surface area contributed by atoms with E-state index in [2.05, 4.69) is 31.0 Å². The number of anilines is 1. The zero-order valence-electron chi connectivity index (χ0n) is 20.7. The largest absolute Gasteiger partial charge is 0.368 e. The maximum atomic E-state index is 13.2. The van der Waals surface area contributed by atoms with E-state index in [9.17, 15) is 19.2 Å². The first-order chi connectivity index (χ1) is 16.0. The van der Waals surface area contributed by atoms with Gasteiger partial charge in [0.2, 0.25) is 5.91 Å². The van der Waals surface area contributed by atoms with E-state index in [-0.39, 0.29) is 29.6 Å². The molecule has 8 nitrogen and oxygen atoms in total. The van der Waals surface area contributed by atoms with Crippen LogP contribution in [0.4, 0.5) is 10.5 Å². The van der Waals surface area contributed by atoms with Crippen LogP contribution in [0, 0.1) is 11.3 Å². The summed E-state index contributed by atoms with van der Waals surface area (Å²) in [5.41, 5.74) is 1.03. The first kappa shape index (κ1) is 24.2. The van der Waals surface area contributed by atoms with Gasteiger partial charge >= 0.3 is 6.03 Å². The van der Waals surface area contributed by atoms with Crippen molar-refractivity contribution >= 4 is 29.3 Å². The molecule has 0 bridgehead atoms. The number of rotatable bonds is 4. The summed E-state index contributed by atoms with van der Waals surface area (Å²) in [5.74, 6) is 0.109. The van der Waals surface area contributed by atoms with Crippen LogP contribution in [-0.4, -0.2) is 71.7 Å². The lowest BCUT2D eigenvalue weighted by atomic mass is 9.67. The molecule has 1 N–H and O–H groups in total. The Labute approximate surface area is 201 Å². The lowest BCUT2D eigenvalue weighted by molar-refractivity contribution is -0.140. The summed E-state index contributed by atoms with van der Waals surface area (Å²) in [5, 5.41) is 2.92. The smallest absolute Gasteiger partial charge is 0.325 e. The Morgan fingerprint density at radius 1 is 1.00 bits per heavy atom. The second kappa shape index (κ2) is 9.04. The summed E-state index contributed by atoms with van der Waals surface area (Å²) in [7, 11) is 0. The maximum Gasteiger partial charge on any atom is 0.325 e. The number of piperazine rings is 1. The number of nitrogens with one attached hydrogen (secondary N) is 1. The van der Waals surface area contributed by atoms with Gasteiger partial charge in [0.1, 0.15) is 12.1 Å². The van der Waals surface area contributed by atoms with E-state index >= 15 is 0 Å². The highest BCUT2D eigenvalue weighted by atomic mass is 16.2. The van der Waals surface area contributed by atoms with Gasteiger partial charge in [-0.05, 0) is 68.2 Å². The molecule has 1 saturated carbocycles. The lowest BCUT2D eigenvalue weighted by Gasteiger charge is -2.40. The molecule has 1 aromatic rings. The van der Waals surface area contributed by atoms with Crippen molar-refractivity contribution in [3.63, 3.8) is 0 Å². The van der Waals surface area contributed by atoms with Crippen molar-refractivity contribution in [2.45, 2.75) is 58.9 Å². The van der Waals surface area contributed by atoms with Crippen LogP contribution in [0.2, 0.25) is 0 Å². The van der Waals surface area contributed by atoms with E-state index in [1.807, 2.05) is 24.3 Å². The first-order valence-electron chi connectivity index (χ1n) is 12.3. The van der Waals surface area contributed by atoms with Gasteiger partial charge in [0, 0.05) is 37.4 Å². The Morgan fingerprint density at radius 3 is 2.12 bits per heavy atom. The molecule has 4 amide bonds. The summed E-state index contributed by atoms with van der Waals surface area (Å²) in [4.78, 5) is 55.3. The summed E-state index contributed by atoms with van der Waals surface area (Å²) < 4.78 is 0. The average Bonchev–Trinajstić information content (AvgIpc) is 3.02. The Balaban J connectivity index is 1.31. The van der Waals surface area contributed by atoms with Gasteiger partial charge in [-0.25, -0.2) is 4.79 Å². The molecule has 0 radical (unpaired) electrons. The predicted molar refractivity (Wildman–Crippen MR) is 130 cm³/mol. The van der Waals surface area contributed by atoms with Crippen molar-refractivity contribution < 1.29 is 19.2 Å². The number of nitrogens with zero attached hydrogens (tertiary/aromatic N) is 3. The molecule has 184 valence electrons. The number of imide groups is 1. The number of carbonyl (C=O) groups is 4. The van der Waals surface area contributed by atoms with Crippen LogP contribution >= 0.6 is 0 Å². The zero-order valence-corrected chi connectivity index (χ0v) is 20.7. The third kappa shape index (κ3) is 4.68. The van der Waals surface area contributed by atoms with Gasteiger partial charge < -0.3 is 15.1 Å². The highest BCUT2D eigenvalue weighted by molar-refractivity contribution is 6.09. The van der Waals surface area contributed by atoms with Crippen LogP contribution < -0.4 is 10.2 Å². The molecule has 2 aliphatic heterocycles. The molecular weight excluding hydrogens is 432 g/mol. The summed E-state index contributed by atoms with van der Waals surface area (Å²) in [6.07, 6.45) is 3.05. The molecule has 4 rings (SSSR count). The average molecular weight is 469 g/mol. The summed E-state index contributed by atoms with van der Waals surface area (Å²) in [6.45, 7) is 10.4. The fourth-order valence-electron chi connectivity index (χ4n) is 5.49. The molecule has 0 aromatic heterocycles. The summed E-state index contributed by atoms with van der Waals surface area (Å²) in [6, 6.07) is 7.04. The van der Waals surface area contributed by atoms with Crippen molar-refractivity contribution in [2.75, 3.05) is 37.6 Å². The number of carbonyl (C=O) groups excluding carboxylic acids is 4. The van der Waals surface area contributed by atoms with Gasteiger partial charge in [-0.1, -0.05) is 20.8 Å². The number of benzene rings is 1. The molecule has 1 aliphatic carbocycles. The second-order valence-electron chi connectivity index (χ2n) is 11.0. The number of Topliss-reactive ketones (excluding diaryl/α,β-unsaturated/α-hetero) is 1. The fraction of sp³-hybridized carbons (Fsp3) is 0.615. The van der Waals surface area contributed by atoms with Gasteiger partial charge in [-0.15, -0.1) is 0 Å². The predicted octanol–water partition coefficient (Wildman–Crippen LogP) is 3.06. The van der Waals surface area contributed by atoms with E-state index in [4.69, 9.17) is 0 Å². The Hall–Kier alpha value is -2.90. The Kier molecular flexibility index (Phi) is 6.44. The molecule has 2 saturated heterocycles. The van der Waals surface area contributed by atoms with Gasteiger partial charge in [0.15, 0.2) is 5.78 Å². The zero-order chi connectivity index (χ0) is 24.7. The first-order valence-corrected chi connectivity index (χ1v) is 12.3. The Bertz CT molecular complexity index is 966. The quantitative estimate of drug-likeness (QED) is 0.542. The fourth-order valence-corrected chi connectivity index (χ4v) is 5.49. The molecule has 0 unspecified atom stereocenters. The highest BCUT2D eigenvalue weighted by Crippen LogP contribution is 2.43. The molecule has 1 aromatic carbocycles. The number of hydrogen-bond acceptors (Lipinski definition) is 5. The lowest BCUT2D eigenvalue weighted by Crippen LogP contribution is -2.53. The van der Waals surface area contributed by atoms with Crippen LogP contribution in [0.25, 0.3) is 0 Å². The van der Waals surface area contributed by atoms with Gasteiger partial charge in [-0.2, -0.15) is 0 Å². The SMILES string of the molecule is CC(=O)c1ccc(N2CCN(C(=O)CN3C(=O)NC4(CCC(C(C)(C)C)CC4)C3=O)CC2)cc1. The number of amides is 4. The van der Waals surface area contributed by atoms with E-state index in [0.29, 0.717) is 50.5 Å². The number of ketones is 1. The Morgan fingerprint density at radius 2 is 1.59 bits per heavy atom. The van der Waals surface area contributed by atoms with Gasteiger partial charge in [0.25, 0.3) is 5.91 Å². The molecule has 3 aliphatic rings. The van der Waals surface area contributed by atoms with Gasteiger partial charge in [-0.3, -0.25) is 19.3 Å². The minimum atomic E-state index is -0.843. The minimum absolute atomic E-state index is 0.0338. The highest BCUT2D eigenvalue weighted by Gasteiger charge is 2.53. The molecule has 8 heteroatoms. The van der Waals surface area contributed by atoms with Crippen molar-refractivity contribution in [1.29, 1.82) is 0 Å². The van der Waals surface area contributed by atoms with Crippen molar-refractivity contribution in [1.82, 2.24) is 15.1 Å². The van der Waals surface area contributed by atoms with Gasteiger partial charge in [0.05, 0.1) is 0 Å². The van der Waals surface area contributed by atoms with Crippen molar-refractivity contribution in [2.24, 2.45) is 11.3 Å². The van der Waals surface area contributed by atoms with E-state index in [1.165, 1.54) is 0 Å². The van der Waals surface area contributed by atoms with E-state index < -0.39 is 11.6 Å². The van der Waals surface area contributed by atoms with Crippen molar-refractivity contribution in [3.05, 3.63) is 29.8 Å². The third-order valence-corrected chi connectivity index (χ3v) is 7.87. The molecule has 1 spiro atoms. The van der Waals surface area contributed by atoms with Crippen LogP contribution in [-0.2, 0) is 9.59 Å². The second-order valence-corrected chi connectivity index (χ2v) is 11.0. The normalized spacial score (nSPS) is 25.6. The monoisotopic (exact) mass is 468 g/mol. The molecule has 3 fully saturated rings. The molecular formula is C26H36N4O4. The number of urea groups is 1.